The number of benzene rings is 3. The van der Waals surface area contributed by atoms with Crippen LogP contribution in [0.3, 0.4) is 0 Å². The SMILES string of the molecule is COc1ccc(S(=O)(=O)N(C)c2ccccc2C)cc1-c1ccc(CN2CCCCC[C@@H]2c2ccccc2)[nH]1.Cl. The molecule has 8 heteroatoms. The molecule has 4 aromatic rings. The number of methoxy groups -OCH3 is 1. The van der Waals surface area contributed by atoms with Gasteiger partial charge >= 0.3 is 0 Å². The second-order valence-electron chi connectivity index (χ2n) is 10.3. The first-order valence-electron chi connectivity index (χ1n) is 13.6. The first kappa shape index (κ1) is 29.7. The third-order valence-electron chi connectivity index (χ3n) is 7.74. The number of anilines is 1. The van der Waals surface area contributed by atoms with Crippen molar-refractivity contribution in [1.29, 1.82) is 0 Å². The van der Waals surface area contributed by atoms with Gasteiger partial charge < -0.3 is 9.72 Å². The van der Waals surface area contributed by atoms with Crippen LogP contribution in [0, 0.1) is 6.92 Å². The van der Waals surface area contributed by atoms with E-state index in [1.165, 1.54) is 29.1 Å². The maximum atomic E-state index is 13.6. The summed E-state index contributed by atoms with van der Waals surface area (Å²) in [5, 5.41) is 0. The van der Waals surface area contributed by atoms with Gasteiger partial charge in [0.25, 0.3) is 10.0 Å². The standard InChI is InChI=1S/C32H37N3O3S.ClH/c1-24-12-9-10-15-30(24)34(2)39(36,37)27-18-20-32(38-3)28(22-27)29-19-17-26(33-29)23-35-21-11-5-8-16-31(35)25-13-6-4-7-14-25;/h4,6-7,9-10,12-15,17-20,22,31,33H,5,8,11,16,21,23H2,1-3H3;1H/t31-;/m1./s1. The van der Waals surface area contributed by atoms with E-state index < -0.39 is 10.0 Å². The Hall–Kier alpha value is -3.26. The van der Waals surface area contributed by atoms with Crippen molar-refractivity contribution in [2.24, 2.45) is 0 Å². The lowest BCUT2D eigenvalue weighted by Crippen LogP contribution is -2.28. The smallest absolute Gasteiger partial charge is 0.264 e. The van der Waals surface area contributed by atoms with E-state index in [2.05, 4.69) is 46.3 Å². The van der Waals surface area contributed by atoms with Gasteiger partial charge in [0.15, 0.2) is 0 Å². The monoisotopic (exact) mass is 579 g/mol. The summed E-state index contributed by atoms with van der Waals surface area (Å²) in [6.07, 6.45) is 4.84. The molecule has 40 heavy (non-hydrogen) atoms. The number of likely N-dealkylation sites (tertiary alicyclic amines) is 1. The zero-order valence-corrected chi connectivity index (χ0v) is 25.0. The molecule has 0 radical (unpaired) electrons. The van der Waals surface area contributed by atoms with E-state index >= 15 is 0 Å². The van der Waals surface area contributed by atoms with Gasteiger partial charge in [0, 0.05) is 36.6 Å². The predicted molar refractivity (Wildman–Crippen MR) is 165 cm³/mol. The van der Waals surface area contributed by atoms with E-state index in [1.807, 2.05) is 37.3 Å². The zero-order valence-electron chi connectivity index (χ0n) is 23.3. The van der Waals surface area contributed by atoms with Crippen molar-refractivity contribution in [3.05, 3.63) is 102 Å². The lowest BCUT2D eigenvalue weighted by Gasteiger charge is -2.30. The Morgan fingerprint density at radius 2 is 1.70 bits per heavy atom. The van der Waals surface area contributed by atoms with Crippen molar-refractivity contribution in [3.63, 3.8) is 0 Å². The summed E-state index contributed by atoms with van der Waals surface area (Å²) in [7, 11) is -0.567. The molecular formula is C32H38ClN3O3S. The number of ether oxygens (including phenoxy) is 1. The fraction of sp³-hybridized carbons (Fsp3) is 0.312. The molecular weight excluding hydrogens is 542 g/mol. The molecule has 0 aliphatic carbocycles. The number of H-pyrrole nitrogens is 1. The Labute approximate surface area is 244 Å². The number of para-hydroxylation sites is 1. The highest BCUT2D eigenvalue weighted by molar-refractivity contribution is 7.92. The predicted octanol–water partition coefficient (Wildman–Crippen LogP) is 7.36. The van der Waals surface area contributed by atoms with Crippen LogP contribution in [-0.2, 0) is 16.6 Å². The second-order valence-corrected chi connectivity index (χ2v) is 12.2. The molecule has 1 aromatic heterocycles. The Balaban J connectivity index is 0.00000370. The second kappa shape index (κ2) is 12.9. The average Bonchev–Trinajstić information content (AvgIpc) is 3.30. The van der Waals surface area contributed by atoms with Crippen molar-refractivity contribution in [2.75, 3.05) is 25.0 Å². The van der Waals surface area contributed by atoms with Crippen LogP contribution in [0.25, 0.3) is 11.3 Å². The van der Waals surface area contributed by atoms with Crippen LogP contribution in [0.4, 0.5) is 5.69 Å². The summed E-state index contributed by atoms with van der Waals surface area (Å²) in [5.74, 6) is 0.623. The van der Waals surface area contributed by atoms with Crippen LogP contribution in [0.15, 0.2) is 89.8 Å². The van der Waals surface area contributed by atoms with Gasteiger partial charge in [-0.05, 0) is 73.8 Å². The van der Waals surface area contributed by atoms with E-state index in [4.69, 9.17) is 4.74 Å². The van der Waals surface area contributed by atoms with Crippen LogP contribution in [0.5, 0.6) is 5.75 Å². The van der Waals surface area contributed by atoms with E-state index in [-0.39, 0.29) is 17.3 Å². The summed E-state index contributed by atoms with van der Waals surface area (Å²) < 4.78 is 34.2. The number of aromatic amines is 1. The number of aromatic nitrogens is 1. The normalized spacial score (nSPS) is 16.1. The Kier molecular flexibility index (Phi) is 9.61. The molecule has 1 atom stereocenters. The third-order valence-corrected chi connectivity index (χ3v) is 9.51. The summed E-state index contributed by atoms with van der Waals surface area (Å²) in [4.78, 5) is 6.34. The van der Waals surface area contributed by atoms with Crippen molar-refractivity contribution in [2.45, 2.75) is 50.1 Å². The van der Waals surface area contributed by atoms with Gasteiger partial charge in [0.2, 0.25) is 0 Å². The molecule has 6 nitrogen and oxygen atoms in total. The number of nitrogens with one attached hydrogen (secondary N) is 1. The summed E-state index contributed by atoms with van der Waals surface area (Å²) in [6.45, 7) is 3.76. The van der Waals surface area contributed by atoms with E-state index in [9.17, 15) is 8.42 Å². The highest BCUT2D eigenvalue weighted by atomic mass is 35.5. The average molecular weight is 580 g/mol. The van der Waals surface area contributed by atoms with Crippen LogP contribution in [0.1, 0.15) is 48.5 Å². The Bertz CT molecular complexity index is 1520. The first-order valence-corrected chi connectivity index (χ1v) is 15.0. The van der Waals surface area contributed by atoms with Gasteiger partial charge in [0.05, 0.1) is 17.7 Å². The van der Waals surface area contributed by atoms with Crippen molar-refractivity contribution < 1.29 is 13.2 Å². The number of hydrogen-bond donors (Lipinski definition) is 1. The van der Waals surface area contributed by atoms with Gasteiger partial charge in [-0.3, -0.25) is 9.21 Å². The fourth-order valence-corrected chi connectivity index (χ4v) is 6.87. The molecule has 0 unspecified atom stereocenters. The lowest BCUT2D eigenvalue weighted by molar-refractivity contribution is 0.190. The number of aryl methyl sites for hydroxylation is 1. The molecule has 5 rings (SSSR count). The van der Waals surface area contributed by atoms with Crippen LogP contribution in [0.2, 0.25) is 0 Å². The molecule has 0 bridgehead atoms. The maximum absolute atomic E-state index is 13.6. The maximum Gasteiger partial charge on any atom is 0.264 e. The minimum Gasteiger partial charge on any atom is -0.496 e. The fourth-order valence-electron chi connectivity index (χ4n) is 5.58. The summed E-state index contributed by atoms with van der Waals surface area (Å²) in [5.41, 5.74) is 5.57. The van der Waals surface area contributed by atoms with Gasteiger partial charge in [-0.15, -0.1) is 12.4 Å². The minimum atomic E-state index is -3.77. The summed E-state index contributed by atoms with van der Waals surface area (Å²) >= 11 is 0. The quantitative estimate of drug-likeness (QED) is 0.237. The van der Waals surface area contributed by atoms with Crippen LogP contribution >= 0.6 is 12.4 Å². The van der Waals surface area contributed by atoms with Crippen molar-refractivity contribution in [1.82, 2.24) is 9.88 Å². The van der Waals surface area contributed by atoms with Crippen molar-refractivity contribution >= 4 is 28.1 Å². The van der Waals surface area contributed by atoms with Gasteiger partial charge in [0.1, 0.15) is 5.75 Å². The number of hydrogen-bond acceptors (Lipinski definition) is 4. The lowest BCUT2D eigenvalue weighted by atomic mass is 10.0. The highest BCUT2D eigenvalue weighted by Crippen LogP contribution is 2.35. The minimum absolute atomic E-state index is 0. The van der Waals surface area contributed by atoms with Crippen molar-refractivity contribution in [3.8, 4) is 17.0 Å². The van der Waals surface area contributed by atoms with Gasteiger partial charge in [-0.2, -0.15) is 0 Å². The van der Waals surface area contributed by atoms with Gasteiger partial charge in [-0.25, -0.2) is 8.42 Å². The molecule has 1 saturated heterocycles. The topological polar surface area (TPSA) is 65.6 Å². The molecule has 2 heterocycles. The molecule has 3 aromatic carbocycles. The van der Waals surface area contributed by atoms with E-state index in [1.54, 1.807) is 32.4 Å². The van der Waals surface area contributed by atoms with Gasteiger partial charge in [-0.1, -0.05) is 61.4 Å². The Morgan fingerprint density at radius 3 is 2.45 bits per heavy atom. The number of sulfonamides is 1. The van der Waals surface area contributed by atoms with E-state index in [0.717, 1.165) is 42.0 Å². The highest BCUT2D eigenvalue weighted by Gasteiger charge is 2.25. The number of rotatable bonds is 8. The molecule has 212 valence electrons. The first-order chi connectivity index (χ1) is 18.9. The summed E-state index contributed by atoms with van der Waals surface area (Å²) in [6, 6.07) is 27.8. The van der Waals surface area contributed by atoms with Crippen LogP contribution < -0.4 is 9.04 Å². The molecule has 1 fully saturated rings. The third kappa shape index (κ3) is 6.22. The van der Waals surface area contributed by atoms with Crippen LogP contribution in [-0.4, -0.2) is 39.0 Å². The zero-order chi connectivity index (χ0) is 27.4. The molecule has 1 aliphatic heterocycles. The molecule has 0 saturated carbocycles. The Morgan fingerprint density at radius 1 is 0.950 bits per heavy atom. The number of halogens is 1. The largest absolute Gasteiger partial charge is 0.496 e. The molecule has 1 N–H and O–H groups in total. The van der Waals surface area contributed by atoms with E-state index in [0.29, 0.717) is 17.5 Å². The molecule has 1 aliphatic rings. The molecule has 0 amide bonds. The molecule has 0 spiro atoms. The number of nitrogens with zero attached hydrogens (tertiary/aromatic N) is 2.